The van der Waals surface area contributed by atoms with Crippen LogP contribution in [-0.4, -0.2) is 18.3 Å². The molecular formula is C14H17BClNO2. The van der Waals surface area contributed by atoms with Gasteiger partial charge < -0.3 is 9.31 Å². The Bertz CT molecular complexity index is 524. The number of rotatable bonds is 1. The van der Waals surface area contributed by atoms with Gasteiger partial charge in [0.25, 0.3) is 0 Å². The van der Waals surface area contributed by atoms with Crippen molar-refractivity contribution in [2.75, 3.05) is 0 Å². The summed E-state index contributed by atoms with van der Waals surface area (Å²) in [4.78, 5) is 0. The molecule has 0 aliphatic carbocycles. The zero-order chi connectivity index (χ0) is 14.4. The van der Waals surface area contributed by atoms with Gasteiger partial charge in [-0.1, -0.05) is 11.6 Å². The smallest absolute Gasteiger partial charge is 0.399 e. The summed E-state index contributed by atoms with van der Waals surface area (Å²) in [6.45, 7) is 9.91. The topological polar surface area (TPSA) is 42.2 Å². The molecule has 0 bridgehead atoms. The van der Waals surface area contributed by atoms with E-state index >= 15 is 0 Å². The second kappa shape index (κ2) is 4.52. The van der Waals surface area contributed by atoms with Crippen LogP contribution in [0.3, 0.4) is 0 Å². The maximum Gasteiger partial charge on any atom is 0.496 e. The van der Waals surface area contributed by atoms with Crippen molar-refractivity contribution in [3.05, 3.63) is 28.3 Å². The van der Waals surface area contributed by atoms with Crippen LogP contribution in [-0.2, 0) is 9.31 Å². The fourth-order valence-electron chi connectivity index (χ4n) is 2.08. The highest BCUT2D eigenvalue weighted by Crippen LogP contribution is 2.37. The third-order valence-corrected chi connectivity index (χ3v) is 4.27. The maximum atomic E-state index is 8.94. The van der Waals surface area contributed by atoms with Gasteiger partial charge in [0.2, 0.25) is 0 Å². The molecule has 1 aromatic carbocycles. The number of halogens is 1. The van der Waals surface area contributed by atoms with Crippen molar-refractivity contribution in [1.29, 1.82) is 5.26 Å². The van der Waals surface area contributed by atoms with Gasteiger partial charge in [0.15, 0.2) is 0 Å². The van der Waals surface area contributed by atoms with Crippen LogP contribution < -0.4 is 5.46 Å². The van der Waals surface area contributed by atoms with Crippen molar-refractivity contribution in [1.82, 2.24) is 0 Å². The molecule has 0 saturated carbocycles. The van der Waals surface area contributed by atoms with Gasteiger partial charge in [-0.25, -0.2) is 0 Å². The average Bonchev–Trinajstić information content (AvgIpc) is 2.46. The van der Waals surface area contributed by atoms with Gasteiger partial charge >= 0.3 is 7.12 Å². The first kappa shape index (κ1) is 14.4. The van der Waals surface area contributed by atoms with E-state index in [1.165, 1.54) is 0 Å². The van der Waals surface area contributed by atoms with Crippen molar-refractivity contribution >= 4 is 24.2 Å². The summed E-state index contributed by atoms with van der Waals surface area (Å²) < 4.78 is 12.0. The van der Waals surface area contributed by atoms with Gasteiger partial charge in [-0.2, -0.15) is 5.26 Å². The van der Waals surface area contributed by atoms with Crippen LogP contribution in [0.25, 0.3) is 0 Å². The monoisotopic (exact) mass is 277 g/mol. The van der Waals surface area contributed by atoms with Crippen molar-refractivity contribution in [2.45, 2.75) is 45.8 Å². The van der Waals surface area contributed by atoms with Crippen LogP contribution >= 0.6 is 11.6 Å². The fraction of sp³-hybridized carbons (Fsp3) is 0.500. The molecule has 1 saturated heterocycles. The van der Waals surface area contributed by atoms with E-state index in [4.69, 9.17) is 26.2 Å². The number of benzene rings is 1. The minimum atomic E-state index is -0.495. The normalized spacial score (nSPS) is 20.4. The summed E-state index contributed by atoms with van der Waals surface area (Å²) in [6, 6.07) is 5.54. The third kappa shape index (κ3) is 2.39. The lowest BCUT2D eigenvalue weighted by atomic mass is 9.75. The van der Waals surface area contributed by atoms with Crippen molar-refractivity contribution in [3.63, 3.8) is 0 Å². The number of hydrogen-bond donors (Lipinski definition) is 0. The Morgan fingerprint density at radius 2 is 1.68 bits per heavy atom. The molecule has 0 atom stereocenters. The number of aryl methyl sites for hydroxylation is 1. The van der Waals surface area contributed by atoms with Gasteiger partial charge in [0, 0.05) is 10.5 Å². The van der Waals surface area contributed by atoms with Crippen LogP contribution in [0, 0.1) is 18.3 Å². The van der Waals surface area contributed by atoms with Gasteiger partial charge in [0.05, 0.1) is 22.8 Å². The number of nitriles is 1. The Balaban J connectivity index is 2.44. The zero-order valence-corrected chi connectivity index (χ0v) is 12.6. The molecule has 0 amide bonds. The summed E-state index contributed by atoms with van der Waals surface area (Å²) in [5.74, 6) is 0. The predicted molar refractivity (Wildman–Crippen MR) is 76.6 cm³/mol. The Labute approximate surface area is 119 Å². The van der Waals surface area contributed by atoms with E-state index in [1.54, 1.807) is 12.1 Å². The summed E-state index contributed by atoms with van der Waals surface area (Å²) >= 11 is 6.27. The molecule has 3 nitrogen and oxygen atoms in total. The van der Waals surface area contributed by atoms with E-state index < -0.39 is 18.3 Å². The van der Waals surface area contributed by atoms with E-state index in [1.807, 2.05) is 34.6 Å². The Kier molecular flexibility index (Phi) is 3.42. The molecule has 5 heteroatoms. The quantitative estimate of drug-likeness (QED) is 0.741. The Hall–Kier alpha value is -1.02. The molecule has 0 radical (unpaired) electrons. The summed E-state index contributed by atoms with van der Waals surface area (Å²) in [5.41, 5.74) is 1.45. The maximum absolute atomic E-state index is 8.94. The molecule has 1 aliphatic heterocycles. The largest absolute Gasteiger partial charge is 0.496 e. The van der Waals surface area contributed by atoms with E-state index in [-0.39, 0.29) is 0 Å². The highest BCUT2D eigenvalue weighted by molar-refractivity contribution is 6.66. The van der Waals surface area contributed by atoms with E-state index in [9.17, 15) is 0 Å². The van der Waals surface area contributed by atoms with Gasteiger partial charge in [-0.05, 0) is 52.3 Å². The number of hydrogen-bond acceptors (Lipinski definition) is 3. The molecule has 0 unspecified atom stereocenters. The van der Waals surface area contributed by atoms with Crippen molar-refractivity contribution < 1.29 is 9.31 Å². The SMILES string of the molecule is Cc1cc(C#N)cc(Cl)c1B1OC(C)(C)C(C)(C)O1. The molecule has 0 spiro atoms. The summed E-state index contributed by atoms with van der Waals surface area (Å²) in [5, 5.41) is 9.45. The van der Waals surface area contributed by atoms with E-state index in [0.29, 0.717) is 10.6 Å². The fourth-order valence-corrected chi connectivity index (χ4v) is 2.43. The van der Waals surface area contributed by atoms with Crippen LogP contribution in [0.1, 0.15) is 38.8 Å². The van der Waals surface area contributed by atoms with Crippen LogP contribution in [0.15, 0.2) is 12.1 Å². The van der Waals surface area contributed by atoms with Crippen LogP contribution in [0.5, 0.6) is 0 Å². The Morgan fingerprint density at radius 1 is 1.16 bits per heavy atom. The second-order valence-corrected chi connectivity index (χ2v) is 6.30. The molecule has 1 aromatic rings. The van der Waals surface area contributed by atoms with Gasteiger partial charge in [0.1, 0.15) is 0 Å². The summed E-state index contributed by atoms with van der Waals surface area (Å²) in [7, 11) is -0.495. The average molecular weight is 278 g/mol. The molecular weight excluding hydrogens is 260 g/mol. The highest BCUT2D eigenvalue weighted by Gasteiger charge is 2.52. The lowest BCUT2D eigenvalue weighted by Crippen LogP contribution is -2.41. The highest BCUT2D eigenvalue weighted by atomic mass is 35.5. The lowest BCUT2D eigenvalue weighted by Gasteiger charge is -2.32. The predicted octanol–water partition coefficient (Wildman–Crippen LogP) is 2.82. The van der Waals surface area contributed by atoms with E-state index in [0.717, 1.165) is 11.0 Å². The first-order chi connectivity index (χ1) is 8.68. The van der Waals surface area contributed by atoms with Crippen molar-refractivity contribution in [3.8, 4) is 6.07 Å². The molecule has 19 heavy (non-hydrogen) atoms. The minimum Gasteiger partial charge on any atom is -0.399 e. The van der Waals surface area contributed by atoms with Crippen molar-refractivity contribution in [2.24, 2.45) is 0 Å². The molecule has 1 aliphatic rings. The molecule has 1 heterocycles. The first-order valence-electron chi connectivity index (χ1n) is 6.24. The lowest BCUT2D eigenvalue weighted by molar-refractivity contribution is 0.00578. The molecule has 2 rings (SSSR count). The van der Waals surface area contributed by atoms with Gasteiger partial charge in [-0.15, -0.1) is 0 Å². The standard InChI is InChI=1S/C14H17BClNO2/c1-9-6-10(8-17)7-11(16)12(9)15-18-13(2,3)14(4,5)19-15/h6-7H,1-5H3. The number of nitrogens with zero attached hydrogens (tertiary/aromatic N) is 1. The molecule has 1 fully saturated rings. The third-order valence-electron chi connectivity index (χ3n) is 3.95. The van der Waals surface area contributed by atoms with E-state index in [2.05, 4.69) is 6.07 Å². The molecule has 100 valence electrons. The molecule has 0 N–H and O–H groups in total. The van der Waals surface area contributed by atoms with Gasteiger partial charge in [-0.3, -0.25) is 0 Å². The first-order valence-corrected chi connectivity index (χ1v) is 6.61. The second-order valence-electron chi connectivity index (χ2n) is 5.89. The summed E-state index contributed by atoms with van der Waals surface area (Å²) in [6.07, 6.45) is 0. The van der Waals surface area contributed by atoms with Crippen LogP contribution in [0.2, 0.25) is 5.02 Å². The van der Waals surface area contributed by atoms with Crippen LogP contribution in [0.4, 0.5) is 0 Å². The Morgan fingerprint density at radius 3 is 2.11 bits per heavy atom. The minimum absolute atomic E-state index is 0.401. The molecule has 0 aromatic heterocycles. The zero-order valence-electron chi connectivity index (χ0n) is 11.9.